The molecule has 2 amide bonds. The zero-order valence-electron chi connectivity index (χ0n) is 21.6. The van der Waals surface area contributed by atoms with Crippen molar-refractivity contribution in [2.75, 3.05) is 35.4 Å². The first-order valence-electron chi connectivity index (χ1n) is 12.2. The fourth-order valence-corrected chi connectivity index (χ4v) is 5.96. The van der Waals surface area contributed by atoms with Crippen LogP contribution in [0, 0.1) is 17.8 Å². The van der Waals surface area contributed by atoms with Crippen molar-refractivity contribution in [2.24, 2.45) is 29.2 Å². The lowest BCUT2D eigenvalue weighted by molar-refractivity contribution is -0.123. The van der Waals surface area contributed by atoms with Crippen LogP contribution < -0.4 is 22.1 Å². The molecule has 2 aromatic heterocycles. The van der Waals surface area contributed by atoms with Crippen molar-refractivity contribution in [3.63, 3.8) is 0 Å². The van der Waals surface area contributed by atoms with Crippen molar-refractivity contribution >= 4 is 56.5 Å². The standard InChI is InChI=1S/C22H38N8O4S3/c1-5-22(24,13(3)11-32)19(34)26-21-30-28-16(37-21)7-9-35-8-6-15-27-29-20(36-15)25-18(33)14(4)17(23)12(2)10-31/h12-14,17,31-32H,5-11,23-24H2,1-4H3,(H,25,29,33)(H,26,30,34). The highest BCUT2D eigenvalue weighted by atomic mass is 32.2. The number of aromatic nitrogens is 4. The average Bonchev–Trinajstić information content (AvgIpc) is 3.54. The lowest BCUT2D eigenvalue weighted by Crippen LogP contribution is -2.56. The molecule has 0 radical (unpaired) electrons. The lowest BCUT2D eigenvalue weighted by atomic mass is 9.83. The molecule has 0 saturated carbocycles. The van der Waals surface area contributed by atoms with Crippen LogP contribution in [0.5, 0.6) is 0 Å². The van der Waals surface area contributed by atoms with E-state index in [2.05, 4.69) is 31.0 Å². The van der Waals surface area contributed by atoms with Crippen molar-refractivity contribution in [2.45, 2.75) is 58.5 Å². The van der Waals surface area contributed by atoms with Crippen molar-refractivity contribution in [1.82, 2.24) is 20.4 Å². The summed E-state index contributed by atoms with van der Waals surface area (Å²) in [6.07, 6.45) is 1.81. The Bertz CT molecular complexity index is 1010. The minimum atomic E-state index is -1.17. The fraction of sp³-hybridized carbons (Fsp3) is 0.727. The molecular formula is C22H38N8O4S3. The minimum Gasteiger partial charge on any atom is -0.396 e. The SMILES string of the molecule is CCC(N)(C(=O)Nc1nnc(CCSCCc2nnc(NC(=O)C(C)C(N)C(C)CO)s2)s1)C(C)CO. The van der Waals surface area contributed by atoms with E-state index in [0.717, 1.165) is 21.5 Å². The molecule has 0 fully saturated rings. The molecule has 0 aliphatic rings. The number of carbonyl (C=O) groups is 2. The molecule has 0 bridgehead atoms. The van der Waals surface area contributed by atoms with Crippen molar-refractivity contribution in [3.05, 3.63) is 10.0 Å². The number of hydrogen-bond acceptors (Lipinski definition) is 13. The molecule has 2 aromatic rings. The van der Waals surface area contributed by atoms with Gasteiger partial charge >= 0.3 is 0 Å². The number of anilines is 2. The van der Waals surface area contributed by atoms with E-state index in [0.29, 0.717) is 29.5 Å². The molecule has 2 rings (SSSR count). The number of nitrogens with two attached hydrogens (primary N) is 2. The lowest BCUT2D eigenvalue weighted by Gasteiger charge is -2.31. The smallest absolute Gasteiger partial charge is 0.246 e. The molecule has 0 saturated heterocycles. The summed E-state index contributed by atoms with van der Waals surface area (Å²) in [4.78, 5) is 25.0. The minimum absolute atomic E-state index is 0.0746. The van der Waals surface area contributed by atoms with E-state index < -0.39 is 17.5 Å². The third kappa shape index (κ3) is 8.90. The molecule has 12 nitrogen and oxygen atoms in total. The van der Waals surface area contributed by atoms with Crippen molar-refractivity contribution < 1.29 is 19.8 Å². The predicted octanol–water partition coefficient (Wildman–Crippen LogP) is 1.11. The number of rotatable bonds is 16. The van der Waals surface area contributed by atoms with Gasteiger partial charge in [-0.15, -0.1) is 20.4 Å². The van der Waals surface area contributed by atoms with Gasteiger partial charge in [0, 0.05) is 38.0 Å². The maximum Gasteiger partial charge on any atom is 0.246 e. The average molecular weight is 575 g/mol. The highest BCUT2D eigenvalue weighted by molar-refractivity contribution is 7.99. The predicted molar refractivity (Wildman–Crippen MR) is 149 cm³/mol. The highest BCUT2D eigenvalue weighted by Gasteiger charge is 2.38. The summed E-state index contributed by atoms with van der Waals surface area (Å²) in [5.41, 5.74) is 11.1. The molecule has 0 aliphatic heterocycles. The third-order valence-corrected chi connectivity index (χ3v) is 9.18. The van der Waals surface area contributed by atoms with Crippen LogP contribution in [-0.2, 0) is 22.4 Å². The van der Waals surface area contributed by atoms with Gasteiger partial charge in [0.1, 0.15) is 15.6 Å². The molecule has 8 N–H and O–H groups in total. The molecule has 2 heterocycles. The van der Waals surface area contributed by atoms with E-state index in [1.54, 1.807) is 32.5 Å². The zero-order valence-corrected chi connectivity index (χ0v) is 24.1. The molecule has 0 aliphatic carbocycles. The van der Waals surface area contributed by atoms with Crippen LogP contribution in [0.3, 0.4) is 0 Å². The largest absolute Gasteiger partial charge is 0.396 e. The second-order valence-corrected chi connectivity index (χ2v) is 12.4. The van der Waals surface area contributed by atoms with Gasteiger partial charge in [-0.05, 0) is 23.8 Å². The van der Waals surface area contributed by atoms with Crippen LogP contribution in [0.1, 0.15) is 44.1 Å². The number of hydrogen-bond donors (Lipinski definition) is 6. The number of nitrogens with zero attached hydrogens (tertiary/aromatic N) is 4. The van der Waals surface area contributed by atoms with Crippen LogP contribution in [0.4, 0.5) is 10.3 Å². The van der Waals surface area contributed by atoms with E-state index in [1.165, 1.54) is 22.7 Å². The van der Waals surface area contributed by atoms with Gasteiger partial charge in [-0.2, -0.15) is 11.8 Å². The van der Waals surface area contributed by atoms with E-state index in [9.17, 15) is 19.8 Å². The normalized spacial score (nSPS) is 16.4. The summed E-state index contributed by atoms with van der Waals surface area (Å²) in [7, 11) is 0. The van der Waals surface area contributed by atoms with Gasteiger partial charge in [0.15, 0.2) is 0 Å². The molecule has 5 unspecified atom stereocenters. The van der Waals surface area contributed by atoms with Gasteiger partial charge in [-0.25, -0.2) is 0 Å². The number of carbonyl (C=O) groups excluding carboxylic acids is 2. The maximum atomic E-state index is 12.6. The van der Waals surface area contributed by atoms with Gasteiger partial charge in [-0.1, -0.05) is 50.4 Å². The van der Waals surface area contributed by atoms with Crippen LogP contribution >= 0.6 is 34.4 Å². The first kappa shape index (κ1) is 31.5. The van der Waals surface area contributed by atoms with E-state index in [4.69, 9.17) is 11.5 Å². The Labute approximate surface area is 229 Å². The molecule has 208 valence electrons. The van der Waals surface area contributed by atoms with Crippen molar-refractivity contribution in [3.8, 4) is 0 Å². The number of aliphatic hydroxyl groups is 2. The maximum absolute atomic E-state index is 12.6. The molecule has 0 spiro atoms. The van der Waals surface area contributed by atoms with Gasteiger partial charge in [-0.3, -0.25) is 14.9 Å². The zero-order chi connectivity index (χ0) is 27.6. The third-order valence-electron chi connectivity index (χ3n) is 6.40. The molecule has 5 atom stereocenters. The first-order chi connectivity index (χ1) is 17.5. The molecular weight excluding hydrogens is 536 g/mol. The summed E-state index contributed by atoms with van der Waals surface area (Å²) in [6.45, 7) is 6.83. The van der Waals surface area contributed by atoms with Gasteiger partial charge in [0.05, 0.1) is 5.92 Å². The molecule has 0 aromatic carbocycles. The summed E-state index contributed by atoms with van der Waals surface area (Å²) in [6, 6.07) is -0.449. The van der Waals surface area contributed by atoms with E-state index >= 15 is 0 Å². The highest BCUT2D eigenvalue weighted by Crippen LogP contribution is 2.24. The van der Waals surface area contributed by atoms with Crippen LogP contribution in [0.25, 0.3) is 0 Å². The van der Waals surface area contributed by atoms with Crippen LogP contribution in [-0.4, -0.2) is 78.7 Å². The topological polar surface area (TPSA) is 202 Å². The number of nitrogens with one attached hydrogen (secondary N) is 2. The number of aliphatic hydroxyl groups excluding tert-OH is 2. The van der Waals surface area contributed by atoms with Gasteiger partial charge < -0.3 is 27.0 Å². The summed E-state index contributed by atoms with van der Waals surface area (Å²) in [5.74, 6) is -0.00492. The Morgan fingerprint density at radius 2 is 1.51 bits per heavy atom. The fourth-order valence-electron chi connectivity index (χ4n) is 3.35. The summed E-state index contributed by atoms with van der Waals surface area (Å²) in [5, 5.41) is 42.9. The molecule has 15 heteroatoms. The number of thioether (sulfide) groups is 1. The van der Waals surface area contributed by atoms with Gasteiger partial charge in [0.2, 0.25) is 22.1 Å². The second-order valence-electron chi connectivity index (χ2n) is 9.06. The Hall–Kier alpha value is -1.75. The number of aryl methyl sites for hydroxylation is 2. The molecule has 37 heavy (non-hydrogen) atoms. The second kappa shape index (κ2) is 15.0. The monoisotopic (exact) mass is 574 g/mol. The quantitative estimate of drug-likeness (QED) is 0.157. The first-order valence-corrected chi connectivity index (χ1v) is 14.9. The summed E-state index contributed by atoms with van der Waals surface area (Å²) < 4.78 is 0. The summed E-state index contributed by atoms with van der Waals surface area (Å²) >= 11 is 4.37. The van der Waals surface area contributed by atoms with Crippen LogP contribution in [0.2, 0.25) is 0 Å². The number of amides is 2. The van der Waals surface area contributed by atoms with E-state index in [1.807, 2.05) is 6.92 Å². The Morgan fingerprint density at radius 3 is 2.00 bits per heavy atom. The van der Waals surface area contributed by atoms with Crippen molar-refractivity contribution in [1.29, 1.82) is 0 Å². The van der Waals surface area contributed by atoms with Gasteiger partial charge in [0.25, 0.3) is 0 Å². The Morgan fingerprint density at radius 1 is 0.973 bits per heavy atom. The van der Waals surface area contributed by atoms with Crippen LogP contribution in [0.15, 0.2) is 0 Å². The Kier molecular flexibility index (Phi) is 12.8. The van der Waals surface area contributed by atoms with E-state index in [-0.39, 0.29) is 36.9 Å². The Balaban J connectivity index is 1.73.